The van der Waals surface area contributed by atoms with E-state index in [2.05, 4.69) is 4.98 Å². The molecular weight excluding hydrogens is 296 g/mol. The van der Waals surface area contributed by atoms with Gasteiger partial charge in [-0.1, -0.05) is 0 Å². The first kappa shape index (κ1) is 14.8. The molecule has 0 fully saturated rings. The summed E-state index contributed by atoms with van der Waals surface area (Å²) < 4.78 is 11.2. The molecule has 0 saturated heterocycles. The molecule has 6 heteroatoms. The van der Waals surface area contributed by atoms with Gasteiger partial charge in [0.2, 0.25) is 0 Å². The summed E-state index contributed by atoms with van der Waals surface area (Å²) in [6, 6.07) is 11.9. The van der Waals surface area contributed by atoms with Gasteiger partial charge in [0.25, 0.3) is 5.69 Å². The lowest BCUT2D eigenvalue weighted by Gasteiger charge is -2.10. The summed E-state index contributed by atoms with van der Waals surface area (Å²) in [6.45, 7) is 2.52. The zero-order chi connectivity index (χ0) is 16.2. The molecule has 23 heavy (non-hydrogen) atoms. The molecule has 0 aliphatic rings. The van der Waals surface area contributed by atoms with Crippen LogP contribution in [0.3, 0.4) is 0 Å². The van der Waals surface area contributed by atoms with Gasteiger partial charge in [-0.05, 0) is 43.3 Å². The van der Waals surface area contributed by atoms with Gasteiger partial charge < -0.3 is 9.47 Å². The quantitative estimate of drug-likeness (QED) is 0.518. The summed E-state index contributed by atoms with van der Waals surface area (Å²) in [5.41, 5.74) is 0.00661. The van der Waals surface area contributed by atoms with Crippen LogP contribution in [0.15, 0.2) is 54.9 Å². The van der Waals surface area contributed by atoms with Crippen molar-refractivity contribution in [3.8, 4) is 17.2 Å². The van der Waals surface area contributed by atoms with Crippen molar-refractivity contribution in [1.82, 2.24) is 4.98 Å². The van der Waals surface area contributed by atoms with Crippen LogP contribution >= 0.6 is 0 Å². The highest BCUT2D eigenvalue weighted by Gasteiger charge is 2.15. The summed E-state index contributed by atoms with van der Waals surface area (Å²) in [6.07, 6.45) is 3.05. The minimum Gasteiger partial charge on any atom is -0.494 e. The molecule has 0 saturated carbocycles. The standard InChI is InChI=1S/C17H14N2O4/c1-2-22-12-3-5-13(6-4-12)23-17-8-7-16(19(20)21)15-11-18-10-9-14(15)17/h3-11H,2H2,1H3. The van der Waals surface area contributed by atoms with Crippen molar-refractivity contribution in [3.63, 3.8) is 0 Å². The van der Waals surface area contributed by atoms with Crippen molar-refractivity contribution in [2.75, 3.05) is 6.61 Å². The average Bonchev–Trinajstić information content (AvgIpc) is 2.57. The molecule has 0 atom stereocenters. The van der Waals surface area contributed by atoms with Crippen LogP contribution in [0.4, 0.5) is 5.69 Å². The van der Waals surface area contributed by atoms with Gasteiger partial charge in [0.05, 0.1) is 16.9 Å². The Morgan fingerprint density at radius 2 is 1.78 bits per heavy atom. The maximum Gasteiger partial charge on any atom is 0.279 e. The highest BCUT2D eigenvalue weighted by Crippen LogP contribution is 2.35. The number of nitrogens with zero attached hydrogens (tertiary/aromatic N) is 2. The van der Waals surface area contributed by atoms with Gasteiger partial charge in [0.15, 0.2) is 0 Å². The number of aromatic nitrogens is 1. The van der Waals surface area contributed by atoms with E-state index in [0.717, 1.165) is 5.75 Å². The largest absolute Gasteiger partial charge is 0.494 e. The molecular formula is C17H14N2O4. The molecule has 0 N–H and O–H groups in total. The lowest BCUT2D eigenvalue weighted by molar-refractivity contribution is -0.383. The van der Waals surface area contributed by atoms with Crippen molar-refractivity contribution in [2.45, 2.75) is 6.92 Å². The van der Waals surface area contributed by atoms with E-state index in [1.165, 1.54) is 12.3 Å². The minimum absolute atomic E-state index is 0.00661. The second-order valence-electron chi connectivity index (χ2n) is 4.77. The Morgan fingerprint density at radius 1 is 1.04 bits per heavy atom. The number of nitro benzene ring substituents is 1. The van der Waals surface area contributed by atoms with E-state index in [9.17, 15) is 10.1 Å². The van der Waals surface area contributed by atoms with Crippen LogP contribution in [0.1, 0.15) is 6.92 Å². The van der Waals surface area contributed by atoms with Crippen molar-refractivity contribution >= 4 is 16.5 Å². The predicted molar refractivity (Wildman–Crippen MR) is 86.1 cm³/mol. The third-order valence-electron chi connectivity index (χ3n) is 3.31. The van der Waals surface area contributed by atoms with E-state index < -0.39 is 4.92 Å². The summed E-state index contributed by atoms with van der Waals surface area (Å²) in [7, 11) is 0. The lowest BCUT2D eigenvalue weighted by Crippen LogP contribution is -1.93. The monoisotopic (exact) mass is 310 g/mol. The molecule has 0 spiro atoms. The zero-order valence-corrected chi connectivity index (χ0v) is 12.4. The number of nitro groups is 1. The van der Waals surface area contributed by atoms with Gasteiger partial charge in [-0.2, -0.15) is 0 Å². The first-order chi connectivity index (χ1) is 11.2. The Morgan fingerprint density at radius 3 is 2.48 bits per heavy atom. The fraction of sp³-hybridized carbons (Fsp3) is 0.118. The second-order valence-corrected chi connectivity index (χ2v) is 4.77. The van der Waals surface area contributed by atoms with Gasteiger partial charge >= 0.3 is 0 Å². The highest BCUT2D eigenvalue weighted by atomic mass is 16.6. The van der Waals surface area contributed by atoms with Gasteiger partial charge in [0.1, 0.15) is 17.2 Å². The molecule has 1 heterocycles. The van der Waals surface area contributed by atoms with Crippen LogP contribution < -0.4 is 9.47 Å². The van der Waals surface area contributed by atoms with Gasteiger partial charge in [-0.25, -0.2) is 0 Å². The smallest absolute Gasteiger partial charge is 0.279 e. The SMILES string of the molecule is CCOc1ccc(Oc2ccc([N+](=O)[O-])c3cnccc23)cc1. The van der Waals surface area contributed by atoms with Crippen molar-refractivity contribution in [3.05, 3.63) is 65.0 Å². The number of non-ortho nitro benzene ring substituents is 1. The predicted octanol–water partition coefficient (Wildman–Crippen LogP) is 4.33. The fourth-order valence-electron chi connectivity index (χ4n) is 2.29. The third kappa shape index (κ3) is 3.06. The van der Waals surface area contributed by atoms with E-state index in [4.69, 9.17) is 9.47 Å². The maximum absolute atomic E-state index is 11.1. The molecule has 0 radical (unpaired) electrons. The van der Waals surface area contributed by atoms with Crippen molar-refractivity contribution in [2.24, 2.45) is 0 Å². The first-order valence-electron chi connectivity index (χ1n) is 7.11. The number of hydrogen-bond donors (Lipinski definition) is 0. The number of fused-ring (bicyclic) bond motifs is 1. The summed E-state index contributed by atoms with van der Waals surface area (Å²) in [5.74, 6) is 1.93. The van der Waals surface area contributed by atoms with Crippen molar-refractivity contribution < 1.29 is 14.4 Å². The second kappa shape index (κ2) is 6.31. The van der Waals surface area contributed by atoms with Gasteiger partial charge in [-0.3, -0.25) is 15.1 Å². The number of rotatable bonds is 5. The fourth-order valence-corrected chi connectivity index (χ4v) is 2.29. The topological polar surface area (TPSA) is 74.5 Å². The normalized spacial score (nSPS) is 10.5. The molecule has 3 rings (SSSR count). The van der Waals surface area contributed by atoms with Crippen LogP contribution in [0, 0.1) is 10.1 Å². The van der Waals surface area contributed by atoms with Crippen LogP contribution in [0.2, 0.25) is 0 Å². The maximum atomic E-state index is 11.1. The van der Waals surface area contributed by atoms with Crippen LogP contribution in [-0.2, 0) is 0 Å². The molecule has 1 aromatic heterocycles. The molecule has 2 aromatic carbocycles. The Hall–Kier alpha value is -3.15. The third-order valence-corrected chi connectivity index (χ3v) is 3.31. The lowest BCUT2D eigenvalue weighted by atomic mass is 10.1. The molecule has 0 unspecified atom stereocenters. The summed E-state index contributed by atoms with van der Waals surface area (Å²) >= 11 is 0. The van der Waals surface area contributed by atoms with Crippen LogP contribution in [-0.4, -0.2) is 16.5 Å². The Kier molecular flexibility index (Phi) is 4.05. The number of pyridine rings is 1. The highest BCUT2D eigenvalue weighted by molar-refractivity contribution is 5.94. The summed E-state index contributed by atoms with van der Waals surface area (Å²) in [4.78, 5) is 14.6. The molecule has 0 aliphatic heterocycles. The van der Waals surface area contributed by atoms with Crippen LogP contribution in [0.25, 0.3) is 10.8 Å². The van der Waals surface area contributed by atoms with E-state index in [0.29, 0.717) is 28.9 Å². The van der Waals surface area contributed by atoms with E-state index in [1.807, 2.05) is 19.1 Å². The van der Waals surface area contributed by atoms with Gasteiger partial charge in [-0.15, -0.1) is 0 Å². The Balaban J connectivity index is 1.97. The minimum atomic E-state index is -0.426. The number of benzene rings is 2. The summed E-state index contributed by atoms with van der Waals surface area (Å²) in [5, 5.41) is 12.2. The average molecular weight is 310 g/mol. The Labute approximate surface area is 132 Å². The van der Waals surface area contributed by atoms with Crippen LogP contribution in [0.5, 0.6) is 17.2 Å². The molecule has 0 aliphatic carbocycles. The molecule has 0 bridgehead atoms. The van der Waals surface area contributed by atoms with E-state index >= 15 is 0 Å². The van der Waals surface area contributed by atoms with E-state index in [1.54, 1.807) is 30.5 Å². The first-order valence-corrected chi connectivity index (χ1v) is 7.11. The van der Waals surface area contributed by atoms with Gasteiger partial charge in [0, 0.05) is 23.8 Å². The number of ether oxygens (including phenoxy) is 2. The molecule has 6 nitrogen and oxygen atoms in total. The Bertz CT molecular complexity index is 847. The molecule has 0 amide bonds. The molecule has 116 valence electrons. The number of hydrogen-bond acceptors (Lipinski definition) is 5. The van der Waals surface area contributed by atoms with Crippen molar-refractivity contribution in [1.29, 1.82) is 0 Å². The molecule has 3 aromatic rings. The van der Waals surface area contributed by atoms with E-state index in [-0.39, 0.29) is 5.69 Å². The zero-order valence-electron chi connectivity index (χ0n) is 12.4.